The van der Waals surface area contributed by atoms with Crippen molar-refractivity contribution >= 4 is 45.6 Å². The molecule has 140 valence electrons. The van der Waals surface area contributed by atoms with Crippen LogP contribution < -0.4 is 10.1 Å². The van der Waals surface area contributed by atoms with Gasteiger partial charge in [0.1, 0.15) is 11.6 Å². The van der Waals surface area contributed by atoms with E-state index in [1.54, 1.807) is 25.4 Å². The first-order valence-electron chi connectivity index (χ1n) is 8.54. The Morgan fingerprint density at radius 2 is 1.79 bits per heavy atom. The minimum Gasteiger partial charge on any atom is -0.497 e. The van der Waals surface area contributed by atoms with Crippen LogP contribution in [0.4, 0.5) is 11.5 Å². The van der Waals surface area contributed by atoms with Gasteiger partial charge in [-0.15, -0.1) is 0 Å². The van der Waals surface area contributed by atoms with E-state index >= 15 is 0 Å². The van der Waals surface area contributed by atoms with Gasteiger partial charge in [0.05, 0.1) is 22.7 Å². The number of pyridine rings is 1. The molecule has 0 aliphatic heterocycles. The molecule has 7 heteroatoms. The zero-order chi connectivity index (χ0) is 19.7. The van der Waals surface area contributed by atoms with Gasteiger partial charge in [-0.25, -0.2) is 9.97 Å². The molecule has 0 aliphatic rings. The highest BCUT2D eigenvalue weighted by molar-refractivity contribution is 6.42. The maximum Gasteiger partial charge on any atom is 0.163 e. The van der Waals surface area contributed by atoms with Crippen molar-refractivity contribution in [2.45, 2.75) is 6.92 Å². The first-order chi connectivity index (χ1) is 13.5. The van der Waals surface area contributed by atoms with E-state index in [1.807, 2.05) is 43.3 Å². The molecule has 4 aromatic rings. The lowest BCUT2D eigenvalue weighted by Gasteiger charge is -2.12. The van der Waals surface area contributed by atoms with Gasteiger partial charge in [-0.1, -0.05) is 23.2 Å². The molecule has 5 nitrogen and oxygen atoms in total. The fraction of sp³-hybridized carbons (Fsp3) is 0.0952. The number of anilines is 2. The van der Waals surface area contributed by atoms with Gasteiger partial charge in [0.15, 0.2) is 5.82 Å². The predicted octanol–water partition coefficient (Wildman–Crippen LogP) is 6.06. The zero-order valence-electron chi connectivity index (χ0n) is 15.2. The number of nitrogens with one attached hydrogen (secondary N) is 1. The molecule has 28 heavy (non-hydrogen) atoms. The molecule has 2 aromatic carbocycles. The first kappa shape index (κ1) is 18.5. The maximum absolute atomic E-state index is 6.15. The van der Waals surface area contributed by atoms with Crippen LogP contribution in [-0.4, -0.2) is 22.1 Å². The number of rotatable bonds is 4. The predicted molar refractivity (Wildman–Crippen MR) is 114 cm³/mol. The molecule has 4 rings (SSSR count). The first-order valence-corrected chi connectivity index (χ1v) is 9.30. The van der Waals surface area contributed by atoms with Crippen LogP contribution in [0.3, 0.4) is 0 Å². The van der Waals surface area contributed by atoms with Crippen molar-refractivity contribution in [3.63, 3.8) is 0 Å². The third kappa shape index (κ3) is 3.72. The maximum atomic E-state index is 6.15. The Labute approximate surface area is 172 Å². The zero-order valence-corrected chi connectivity index (χ0v) is 16.7. The second-order valence-electron chi connectivity index (χ2n) is 6.22. The molecule has 0 unspecified atom stereocenters. The molecule has 0 atom stereocenters. The van der Waals surface area contributed by atoms with E-state index in [1.165, 1.54) is 0 Å². The lowest BCUT2D eigenvalue weighted by molar-refractivity contribution is 0.415. The summed E-state index contributed by atoms with van der Waals surface area (Å²) < 4.78 is 5.36. The van der Waals surface area contributed by atoms with Crippen LogP contribution in [0.5, 0.6) is 5.75 Å². The van der Waals surface area contributed by atoms with Crippen LogP contribution in [0.15, 0.2) is 54.7 Å². The van der Waals surface area contributed by atoms with Gasteiger partial charge in [-0.05, 0) is 55.5 Å². The number of aryl methyl sites for hydroxylation is 1. The SMILES string of the molecule is COc1ccc2nc(-c3ccc(C)nc3)nc(Nc3ccc(Cl)c(Cl)c3)c2c1. The Kier molecular flexibility index (Phi) is 5.03. The van der Waals surface area contributed by atoms with Crippen LogP contribution in [0.1, 0.15) is 5.69 Å². The van der Waals surface area contributed by atoms with Crippen molar-refractivity contribution in [1.82, 2.24) is 15.0 Å². The average Bonchev–Trinajstić information content (AvgIpc) is 2.71. The van der Waals surface area contributed by atoms with E-state index in [9.17, 15) is 0 Å². The highest BCUT2D eigenvalue weighted by atomic mass is 35.5. The second-order valence-corrected chi connectivity index (χ2v) is 7.04. The van der Waals surface area contributed by atoms with Gasteiger partial charge in [0, 0.05) is 28.5 Å². The molecule has 1 N–H and O–H groups in total. The lowest BCUT2D eigenvalue weighted by Crippen LogP contribution is -2.00. The summed E-state index contributed by atoms with van der Waals surface area (Å²) in [5.74, 6) is 1.93. The van der Waals surface area contributed by atoms with Crippen LogP contribution in [-0.2, 0) is 0 Å². The van der Waals surface area contributed by atoms with E-state index in [0.717, 1.165) is 33.6 Å². The number of hydrogen-bond acceptors (Lipinski definition) is 5. The van der Waals surface area contributed by atoms with E-state index in [4.69, 9.17) is 37.9 Å². The van der Waals surface area contributed by atoms with Crippen LogP contribution in [0.2, 0.25) is 10.0 Å². The molecule has 0 aliphatic carbocycles. The summed E-state index contributed by atoms with van der Waals surface area (Å²) in [5, 5.41) is 5.10. The van der Waals surface area contributed by atoms with Crippen molar-refractivity contribution in [3.8, 4) is 17.1 Å². The van der Waals surface area contributed by atoms with Crippen molar-refractivity contribution in [1.29, 1.82) is 0 Å². The normalized spacial score (nSPS) is 10.9. The van der Waals surface area contributed by atoms with Crippen LogP contribution >= 0.6 is 23.2 Å². The molecule has 0 fully saturated rings. The molecule has 0 amide bonds. The second kappa shape index (κ2) is 7.62. The summed E-state index contributed by atoms with van der Waals surface area (Å²) in [6.07, 6.45) is 1.77. The van der Waals surface area contributed by atoms with Crippen molar-refractivity contribution in [3.05, 3.63) is 70.5 Å². The monoisotopic (exact) mass is 410 g/mol. The Morgan fingerprint density at radius 3 is 2.50 bits per heavy atom. The number of nitrogens with zero attached hydrogens (tertiary/aromatic N) is 3. The van der Waals surface area contributed by atoms with E-state index in [-0.39, 0.29) is 0 Å². The number of methoxy groups -OCH3 is 1. The smallest absolute Gasteiger partial charge is 0.163 e. The summed E-state index contributed by atoms with van der Waals surface area (Å²) in [6.45, 7) is 1.94. The molecule has 0 saturated heterocycles. The summed E-state index contributed by atoms with van der Waals surface area (Å²) in [6, 6.07) is 14.9. The summed E-state index contributed by atoms with van der Waals surface area (Å²) in [7, 11) is 1.63. The van der Waals surface area contributed by atoms with Crippen molar-refractivity contribution in [2.24, 2.45) is 0 Å². The molecule has 2 aromatic heterocycles. The molecule has 0 saturated carbocycles. The number of ether oxygens (including phenoxy) is 1. The van der Waals surface area contributed by atoms with E-state index in [0.29, 0.717) is 21.7 Å². The van der Waals surface area contributed by atoms with Gasteiger partial charge in [0.2, 0.25) is 0 Å². The third-order valence-electron chi connectivity index (χ3n) is 4.25. The highest BCUT2D eigenvalue weighted by Crippen LogP contribution is 2.32. The van der Waals surface area contributed by atoms with E-state index in [2.05, 4.69) is 10.3 Å². The highest BCUT2D eigenvalue weighted by Gasteiger charge is 2.12. The lowest BCUT2D eigenvalue weighted by atomic mass is 10.2. The molecular weight excluding hydrogens is 395 g/mol. The Bertz CT molecular complexity index is 1160. The fourth-order valence-corrected chi connectivity index (χ4v) is 3.07. The quantitative estimate of drug-likeness (QED) is 0.442. The van der Waals surface area contributed by atoms with Gasteiger partial charge in [-0.3, -0.25) is 4.98 Å². The number of benzene rings is 2. The molecule has 2 heterocycles. The van der Waals surface area contributed by atoms with Crippen molar-refractivity contribution < 1.29 is 4.74 Å². The average molecular weight is 411 g/mol. The molecular formula is C21H16Cl2N4O. The topological polar surface area (TPSA) is 59.9 Å². The molecule has 0 radical (unpaired) electrons. The number of halogens is 2. The summed E-state index contributed by atoms with van der Waals surface area (Å²) in [5.41, 5.74) is 3.32. The van der Waals surface area contributed by atoms with Crippen LogP contribution in [0.25, 0.3) is 22.3 Å². The van der Waals surface area contributed by atoms with E-state index < -0.39 is 0 Å². The van der Waals surface area contributed by atoms with Gasteiger partial charge >= 0.3 is 0 Å². The Morgan fingerprint density at radius 1 is 0.929 bits per heavy atom. The number of hydrogen-bond donors (Lipinski definition) is 1. The third-order valence-corrected chi connectivity index (χ3v) is 4.99. The standard InChI is InChI=1S/C21H16Cl2N4O/c1-12-3-4-13(11-24-12)20-26-19-8-6-15(28-2)10-16(19)21(27-20)25-14-5-7-17(22)18(23)9-14/h3-11H,1-2H3,(H,25,26,27). The minimum absolute atomic E-state index is 0.463. The summed E-state index contributed by atoms with van der Waals surface area (Å²) in [4.78, 5) is 13.8. The largest absolute Gasteiger partial charge is 0.497 e. The Hall–Kier alpha value is -2.89. The summed E-state index contributed by atoms with van der Waals surface area (Å²) >= 11 is 12.2. The Balaban J connectivity index is 1.87. The van der Waals surface area contributed by atoms with Crippen molar-refractivity contribution in [2.75, 3.05) is 12.4 Å². The van der Waals surface area contributed by atoms with Gasteiger partial charge < -0.3 is 10.1 Å². The number of aromatic nitrogens is 3. The van der Waals surface area contributed by atoms with Crippen LogP contribution in [0, 0.1) is 6.92 Å². The minimum atomic E-state index is 0.463. The molecule has 0 spiro atoms. The number of fused-ring (bicyclic) bond motifs is 1. The molecule has 0 bridgehead atoms. The fourth-order valence-electron chi connectivity index (χ4n) is 2.77. The van der Waals surface area contributed by atoms with Gasteiger partial charge in [-0.2, -0.15) is 0 Å². The van der Waals surface area contributed by atoms with Gasteiger partial charge in [0.25, 0.3) is 0 Å².